The molecule has 1 aromatic carbocycles. The van der Waals surface area contributed by atoms with Gasteiger partial charge in [0.1, 0.15) is 5.75 Å². The van der Waals surface area contributed by atoms with E-state index in [-0.39, 0.29) is 5.91 Å². The van der Waals surface area contributed by atoms with Gasteiger partial charge in [-0.1, -0.05) is 13.8 Å². The van der Waals surface area contributed by atoms with E-state index in [0.717, 1.165) is 0 Å². The van der Waals surface area contributed by atoms with Crippen molar-refractivity contribution in [2.45, 2.75) is 20.3 Å². The number of hydrogen-bond acceptors (Lipinski definition) is 4. The number of nitrogens with two attached hydrogens (primary N) is 1. The van der Waals surface area contributed by atoms with E-state index in [4.69, 9.17) is 15.2 Å². The molecular weight excluding hydrogens is 244 g/mol. The second kappa shape index (κ2) is 7.63. The highest BCUT2D eigenvalue weighted by atomic mass is 16.5. The summed E-state index contributed by atoms with van der Waals surface area (Å²) in [5, 5.41) is 2.75. The number of carbonyl (C=O) groups excluding carboxylic acids is 1. The van der Waals surface area contributed by atoms with Gasteiger partial charge in [0.05, 0.1) is 31.5 Å². The summed E-state index contributed by atoms with van der Waals surface area (Å²) < 4.78 is 10.4. The van der Waals surface area contributed by atoms with Crippen molar-refractivity contribution < 1.29 is 14.3 Å². The molecule has 1 rings (SSSR count). The van der Waals surface area contributed by atoms with E-state index in [1.54, 1.807) is 25.3 Å². The molecule has 0 saturated heterocycles. The van der Waals surface area contributed by atoms with Crippen molar-refractivity contribution >= 4 is 17.3 Å². The number of carbonyl (C=O) groups is 1. The molecule has 1 aromatic rings. The third-order valence-corrected chi connectivity index (χ3v) is 2.46. The lowest BCUT2D eigenvalue weighted by Crippen LogP contribution is -2.16. The van der Waals surface area contributed by atoms with E-state index in [1.807, 2.05) is 0 Å². The van der Waals surface area contributed by atoms with Gasteiger partial charge in [-0.15, -0.1) is 0 Å². The van der Waals surface area contributed by atoms with E-state index in [0.29, 0.717) is 42.7 Å². The molecule has 0 saturated carbocycles. The molecule has 1 amide bonds. The first kappa shape index (κ1) is 15.3. The molecule has 19 heavy (non-hydrogen) atoms. The van der Waals surface area contributed by atoms with Crippen molar-refractivity contribution in [1.29, 1.82) is 0 Å². The van der Waals surface area contributed by atoms with Crippen LogP contribution < -0.4 is 15.8 Å². The number of methoxy groups -OCH3 is 1. The number of nitrogen functional groups attached to an aromatic ring is 1. The molecule has 0 spiro atoms. The summed E-state index contributed by atoms with van der Waals surface area (Å²) in [7, 11) is 1.57. The predicted molar refractivity (Wildman–Crippen MR) is 76.3 cm³/mol. The smallest absolute Gasteiger partial charge is 0.226 e. The summed E-state index contributed by atoms with van der Waals surface area (Å²) in [4.78, 5) is 11.7. The molecule has 3 N–H and O–H groups in total. The molecule has 106 valence electrons. The normalized spacial score (nSPS) is 10.5. The second-order valence-corrected chi connectivity index (χ2v) is 4.72. The molecule has 0 aliphatic carbocycles. The third kappa shape index (κ3) is 5.61. The molecule has 0 aliphatic heterocycles. The van der Waals surface area contributed by atoms with Crippen LogP contribution in [0.5, 0.6) is 5.75 Å². The summed E-state index contributed by atoms with van der Waals surface area (Å²) >= 11 is 0. The Morgan fingerprint density at radius 2 is 2.16 bits per heavy atom. The Hall–Kier alpha value is -1.75. The maximum absolute atomic E-state index is 11.7. The Morgan fingerprint density at radius 3 is 2.74 bits per heavy atom. The van der Waals surface area contributed by atoms with Gasteiger partial charge in [-0.05, 0) is 18.1 Å². The molecule has 5 nitrogen and oxygen atoms in total. The molecule has 0 atom stereocenters. The highest BCUT2D eigenvalue weighted by Crippen LogP contribution is 2.24. The van der Waals surface area contributed by atoms with Gasteiger partial charge < -0.3 is 20.5 Å². The third-order valence-electron chi connectivity index (χ3n) is 2.46. The zero-order valence-electron chi connectivity index (χ0n) is 11.7. The van der Waals surface area contributed by atoms with E-state index >= 15 is 0 Å². The fourth-order valence-corrected chi connectivity index (χ4v) is 1.48. The molecule has 0 heterocycles. The van der Waals surface area contributed by atoms with Crippen molar-refractivity contribution in [3.8, 4) is 5.75 Å². The van der Waals surface area contributed by atoms with Crippen LogP contribution in [0, 0.1) is 5.92 Å². The van der Waals surface area contributed by atoms with Crippen LogP contribution in [-0.4, -0.2) is 26.2 Å². The van der Waals surface area contributed by atoms with Gasteiger partial charge in [-0.25, -0.2) is 0 Å². The van der Waals surface area contributed by atoms with E-state index in [9.17, 15) is 4.79 Å². The number of nitrogens with one attached hydrogen (secondary N) is 1. The van der Waals surface area contributed by atoms with Gasteiger partial charge in [0.25, 0.3) is 0 Å². The second-order valence-electron chi connectivity index (χ2n) is 4.72. The first-order valence-corrected chi connectivity index (χ1v) is 6.34. The standard InChI is InChI=1S/C14H22N2O3/c1-10(2)9-19-7-6-14(17)16-13-5-4-11(18-3)8-12(13)15/h4-5,8,10H,6-7,9,15H2,1-3H3,(H,16,17). The average Bonchev–Trinajstić information content (AvgIpc) is 2.37. The van der Waals surface area contributed by atoms with Crippen molar-refractivity contribution in [2.24, 2.45) is 5.92 Å². The molecule has 0 unspecified atom stereocenters. The molecular formula is C14H22N2O3. The maximum Gasteiger partial charge on any atom is 0.226 e. The van der Waals surface area contributed by atoms with E-state index in [2.05, 4.69) is 19.2 Å². The molecule has 0 aromatic heterocycles. The van der Waals surface area contributed by atoms with Crippen LogP contribution in [0.2, 0.25) is 0 Å². The number of anilines is 2. The van der Waals surface area contributed by atoms with Crippen LogP contribution in [-0.2, 0) is 9.53 Å². The molecule has 5 heteroatoms. The summed E-state index contributed by atoms with van der Waals surface area (Å²) in [5.74, 6) is 1.02. The van der Waals surface area contributed by atoms with Crippen molar-refractivity contribution in [1.82, 2.24) is 0 Å². The summed E-state index contributed by atoms with van der Waals surface area (Å²) in [5.41, 5.74) is 6.89. The minimum atomic E-state index is -0.111. The quantitative estimate of drug-likeness (QED) is 0.586. The lowest BCUT2D eigenvalue weighted by atomic mass is 10.2. The van der Waals surface area contributed by atoms with Crippen LogP contribution in [0.1, 0.15) is 20.3 Å². The topological polar surface area (TPSA) is 73.6 Å². The fraction of sp³-hybridized carbons (Fsp3) is 0.500. The largest absolute Gasteiger partial charge is 0.497 e. The van der Waals surface area contributed by atoms with Crippen LogP contribution >= 0.6 is 0 Å². The predicted octanol–water partition coefficient (Wildman–Crippen LogP) is 2.28. The highest BCUT2D eigenvalue weighted by molar-refractivity contribution is 5.94. The average molecular weight is 266 g/mol. The lowest BCUT2D eigenvalue weighted by molar-refractivity contribution is -0.117. The summed E-state index contributed by atoms with van der Waals surface area (Å²) in [6, 6.07) is 5.15. The SMILES string of the molecule is COc1ccc(NC(=O)CCOCC(C)C)c(N)c1. The zero-order valence-corrected chi connectivity index (χ0v) is 11.7. The van der Waals surface area contributed by atoms with Crippen LogP contribution in [0.25, 0.3) is 0 Å². The summed E-state index contributed by atoms with van der Waals surface area (Å²) in [6.07, 6.45) is 0.318. The number of amides is 1. The zero-order chi connectivity index (χ0) is 14.3. The van der Waals surface area contributed by atoms with Crippen molar-refractivity contribution in [3.63, 3.8) is 0 Å². The van der Waals surface area contributed by atoms with Crippen LogP contribution in [0.15, 0.2) is 18.2 Å². The fourth-order valence-electron chi connectivity index (χ4n) is 1.48. The number of benzene rings is 1. The summed E-state index contributed by atoms with van der Waals surface area (Å²) in [6.45, 7) is 5.22. The molecule has 0 aliphatic rings. The number of hydrogen-bond donors (Lipinski definition) is 2. The Balaban J connectivity index is 2.40. The Kier molecular flexibility index (Phi) is 6.15. The van der Waals surface area contributed by atoms with Crippen LogP contribution in [0.3, 0.4) is 0 Å². The van der Waals surface area contributed by atoms with Gasteiger partial charge in [0, 0.05) is 12.7 Å². The molecule has 0 radical (unpaired) electrons. The molecule has 0 bridgehead atoms. The first-order chi connectivity index (χ1) is 9.02. The first-order valence-electron chi connectivity index (χ1n) is 6.34. The number of rotatable bonds is 7. The minimum Gasteiger partial charge on any atom is -0.497 e. The van der Waals surface area contributed by atoms with Gasteiger partial charge >= 0.3 is 0 Å². The maximum atomic E-state index is 11.7. The van der Waals surface area contributed by atoms with Gasteiger partial charge in [0.2, 0.25) is 5.91 Å². The van der Waals surface area contributed by atoms with Crippen LogP contribution in [0.4, 0.5) is 11.4 Å². The van der Waals surface area contributed by atoms with E-state index in [1.165, 1.54) is 0 Å². The van der Waals surface area contributed by atoms with Gasteiger partial charge in [-0.2, -0.15) is 0 Å². The van der Waals surface area contributed by atoms with Gasteiger partial charge in [-0.3, -0.25) is 4.79 Å². The minimum absolute atomic E-state index is 0.111. The Labute approximate surface area is 114 Å². The van der Waals surface area contributed by atoms with E-state index < -0.39 is 0 Å². The van der Waals surface area contributed by atoms with Gasteiger partial charge in [0.15, 0.2) is 0 Å². The highest BCUT2D eigenvalue weighted by Gasteiger charge is 2.06. The Bertz CT molecular complexity index is 419. The molecule has 0 fully saturated rings. The Morgan fingerprint density at radius 1 is 1.42 bits per heavy atom. The lowest BCUT2D eigenvalue weighted by Gasteiger charge is -2.10. The van der Waals surface area contributed by atoms with Crippen molar-refractivity contribution in [2.75, 3.05) is 31.4 Å². The monoisotopic (exact) mass is 266 g/mol. The number of ether oxygens (including phenoxy) is 2. The van der Waals surface area contributed by atoms with Crippen molar-refractivity contribution in [3.05, 3.63) is 18.2 Å².